The topological polar surface area (TPSA) is 83.5 Å². The van der Waals surface area contributed by atoms with Crippen molar-refractivity contribution in [3.8, 4) is 0 Å². The largest absolute Gasteiger partial charge is 0.444 e. The van der Waals surface area contributed by atoms with Gasteiger partial charge in [0.05, 0.1) is 0 Å². The number of rotatable bonds is 8. The summed E-state index contributed by atoms with van der Waals surface area (Å²) in [6, 6.07) is 0. The number of unbranched alkanes of at least 4 members (excludes halogenated alkanes) is 2. The van der Waals surface area contributed by atoms with E-state index in [-0.39, 0.29) is 5.96 Å². The SMILES string of the molecule is CC(C)(C)OC(=O)NC(=NCC1CCCCCC1)N(CCCCCN1CCCC1)C(=O)OC(C)(C)C. The predicted octanol–water partition coefficient (Wildman–Crippen LogP) is 6.34. The van der Waals surface area contributed by atoms with Crippen LogP contribution in [0.25, 0.3) is 0 Å². The van der Waals surface area contributed by atoms with Gasteiger partial charge in [0.15, 0.2) is 0 Å². The summed E-state index contributed by atoms with van der Waals surface area (Å²) in [6.07, 6.45) is 11.6. The fourth-order valence-corrected chi connectivity index (χ4v) is 4.74. The lowest BCUT2D eigenvalue weighted by molar-refractivity contribution is 0.0355. The van der Waals surface area contributed by atoms with Crippen LogP contribution in [0.2, 0.25) is 0 Å². The van der Waals surface area contributed by atoms with Crippen LogP contribution < -0.4 is 5.32 Å². The Morgan fingerprint density at radius 3 is 2.06 bits per heavy atom. The third kappa shape index (κ3) is 12.9. The molecule has 1 heterocycles. The zero-order chi connectivity index (χ0) is 26.6. The zero-order valence-corrected chi connectivity index (χ0v) is 23.9. The molecule has 0 bridgehead atoms. The molecule has 1 saturated carbocycles. The molecule has 36 heavy (non-hydrogen) atoms. The molecule has 1 N–H and O–H groups in total. The van der Waals surface area contributed by atoms with E-state index in [1.54, 1.807) is 0 Å². The molecule has 1 aliphatic heterocycles. The molecule has 1 saturated heterocycles. The van der Waals surface area contributed by atoms with Gasteiger partial charge in [0, 0.05) is 13.1 Å². The highest BCUT2D eigenvalue weighted by atomic mass is 16.6. The fourth-order valence-electron chi connectivity index (χ4n) is 4.74. The van der Waals surface area contributed by atoms with Crippen LogP contribution in [0.1, 0.15) is 112 Å². The number of nitrogens with zero attached hydrogens (tertiary/aromatic N) is 3. The molecular formula is C28H52N4O4. The van der Waals surface area contributed by atoms with Gasteiger partial charge in [-0.15, -0.1) is 0 Å². The van der Waals surface area contributed by atoms with Crippen molar-refractivity contribution in [3.05, 3.63) is 0 Å². The van der Waals surface area contributed by atoms with Crippen LogP contribution in [-0.2, 0) is 9.47 Å². The number of hydrogen-bond donors (Lipinski definition) is 1. The number of nitrogens with one attached hydrogen (secondary N) is 1. The molecule has 0 aromatic carbocycles. The number of aliphatic imine (C=N–C) groups is 1. The molecule has 0 aromatic rings. The molecule has 2 aliphatic rings. The highest BCUT2D eigenvalue weighted by Crippen LogP contribution is 2.23. The number of alkyl carbamates (subject to hydrolysis) is 1. The first-order valence-corrected chi connectivity index (χ1v) is 14.2. The molecule has 208 valence electrons. The monoisotopic (exact) mass is 508 g/mol. The van der Waals surface area contributed by atoms with Crippen LogP contribution in [-0.4, -0.2) is 71.9 Å². The van der Waals surface area contributed by atoms with Crippen molar-refractivity contribution in [2.45, 2.75) is 123 Å². The first-order chi connectivity index (χ1) is 16.9. The normalized spacial score (nSPS) is 18.6. The Morgan fingerprint density at radius 1 is 0.861 bits per heavy atom. The number of likely N-dealkylation sites (tertiary alicyclic amines) is 1. The van der Waals surface area contributed by atoms with Gasteiger partial charge in [-0.2, -0.15) is 0 Å². The third-order valence-electron chi connectivity index (χ3n) is 6.51. The average Bonchev–Trinajstić information content (AvgIpc) is 3.13. The van der Waals surface area contributed by atoms with Crippen LogP contribution in [0.4, 0.5) is 9.59 Å². The smallest absolute Gasteiger partial charge is 0.417 e. The minimum atomic E-state index is -0.650. The van der Waals surface area contributed by atoms with Gasteiger partial charge in [-0.3, -0.25) is 10.3 Å². The molecule has 0 aromatic heterocycles. The Kier molecular flexibility index (Phi) is 12.5. The van der Waals surface area contributed by atoms with Crippen LogP contribution >= 0.6 is 0 Å². The number of amides is 2. The minimum Gasteiger partial charge on any atom is -0.444 e. The van der Waals surface area contributed by atoms with Gasteiger partial charge in [0.2, 0.25) is 5.96 Å². The molecule has 8 nitrogen and oxygen atoms in total. The number of carbonyl (C=O) groups excluding carboxylic acids is 2. The summed E-state index contributed by atoms with van der Waals surface area (Å²) >= 11 is 0. The van der Waals surface area contributed by atoms with E-state index in [0.29, 0.717) is 19.0 Å². The van der Waals surface area contributed by atoms with E-state index in [4.69, 9.17) is 14.5 Å². The molecular weight excluding hydrogens is 456 g/mol. The summed E-state index contributed by atoms with van der Waals surface area (Å²) in [5.41, 5.74) is -1.30. The summed E-state index contributed by atoms with van der Waals surface area (Å²) in [7, 11) is 0. The lowest BCUT2D eigenvalue weighted by Crippen LogP contribution is -2.50. The van der Waals surface area contributed by atoms with Crippen molar-refractivity contribution in [1.82, 2.24) is 15.1 Å². The van der Waals surface area contributed by atoms with Crippen molar-refractivity contribution in [2.24, 2.45) is 10.9 Å². The fraction of sp³-hybridized carbons (Fsp3) is 0.893. The maximum absolute atomic E-state index is 13.3. The molecule has 2 rings (SSSR count). The summed E-state index contributed by atoms with van der Waals surface area (Å²) < 4.78 is 11.2. The van der Waals surface area contributed by atoms with E-state index in [2.05, 4.69) is 10.2 Å². The first-order valence-electron chi connectivity index (χ1n) is 14.2. The Morgan fingerprint density at radius 2 is 1.47 bits per heavy atom. The molecule has 2 fully saturated rings. The van der Waals surface area contributed by atoms with E-state index in [9.17, 15) is 9.59 Å². The Balaban J connectivity index is 2.13. The lowest BCUT2D eigenvalue weighted by Gasteiger charge is -2.29. The van der Waals surface area contributed by atoms with Crippen LogP contribution in [0.5, 0.6) is 0 Å². The van der Waals surface area contributed by atoms with Gasteiger partial charge in [-0.25, -0.2) is 14.5 Å². The molecule has 0 atom stereocenters. The molecule has 2 amide bonds. The zero-order valence-electron chi connectivity index (χ0n) is 23.9. The second kappa shape index (κ2) is 14.8. The second-order valence-corrected chi connectivity index (χ2v) is 12.4. The average molecular weight is 509 g/mol. The van der Waals surface area contributed by atoms with Gasteiger partial charge in [0.1, 0.15) is 11.2 Å². The molecule has 1 aliphatic carbocycles. The lowest BCUT2D eigenvalue weighted by atomic mass is 10.0. The van der Waals surface area contributed by atoms with Gasteiger partial charge in [-0.1, -0.05) is 32.1 Å². The quantitative estimate of drug-likeness (QED) is 0.179. The number of ether oxygens (including phenoxy) is 2. The van der Waals surface area contributed by atoms with Crippen LogP contribution in [0.15, 0.2) is 4.99 Å². The van der Waals surface area contributed by atoms with E-state index in [1.165, 1.54) is 56.5 Å². The summed E-state index contributed by atoms with van der Waals surface area (Å²) in [5, 5.41) is 2.79. The third-order valence-corrected chi connectivity index (χ3v) is 6.51. The predicted molar refractivity (Wildman–Crippen MR) is 145 cm³/mol. The maximum Gasteiger partial charge on any atom is 0.417 e. The molecule has 0 spiro atoms. The van der Waals surface area contributed by atoms with E-state index in [0.717, 1.165) is 38.6 Å². The molecule has 0 unspecified atom stereocenters. The number of hydrogen-bond acceptors (Lipinski definition) is 6. The Labute approximate surface area is 219 Å². The van der Waals surface area contributed by atoms with Gasteiger partial charge in [0.25, 0.3) is 0 Å². The molecule has 0 radical (unpaired) electrons. The number of carbonyl (C=O) groups is 2. The molecule has 8 heteroatoms. The van der Waals surface area contributed by atoms with Gasteiger partial charge < -0.3 is 14.4 Å². The highest BCUT2D eigenvalue weighted by Gasteiger charge is 2.28. The number of guanidine groups is 1. The van der Waals surface area contributed by atoms with Gasteiger partial charge in [-0.05, 0) is 106 Å². The standard InChI is InChI=1S/C28H52N4O4/c1-27(2,3)35-25(33)30-24(29-22-23-16-10-7-8-11-17-23)32(26(34)36-28(4,5)6)21-13-9-12-18-31-19-14-15-20-31/h23H,7-22H2,1-6H3,(H,29,30,33). The van der Waals surface area contributed by atoms with Gasteiger partial charge >= 0.3 is 12.2 Å². The van der Waals surface area contributed by atoms with Crippen LogP contribution in [0.3, 0.4) is 0 Å². The summed E-state index contributed by atoms with van der Waals surface area (Å²) in [4.78, 5) is 34.8. The Hall–Kier alpha value is -1.83. The minimum absolute atomic E-state index is 0.238. The summed E-state index contributed by atoms with van der Waals surface area (Å²) in [6.45, 7) is 15.5. The highest BCUT2D eigenvalue weighted by molar-refractivity contribution is 6.01. The Bertz CT molecular complexity index is 697. The summed E-state index contributed by atoms with van der Waals surface area (Å²) in [5.74, 6) is 0.700. The van der Waals surface area contributed by atoms with E-state index >= 15 is 0 Å². The maximum atomic E-state index is 13.3. The van der Waals surface area contributed by atoms with Crippen molar-refractivity contribution in [3.63, 3.8) is 0 Å². The van der Waals surface area contributed by atoms with Crippen molar-refractivity contribution in [1.29, 1.82) is 0 Å². The van der Waals surface area contributed by atoms with E-state index in [1.807, 2.05) is 41.5 Å². The van der Waals surface area contributed by atoms with Crippen molar-refractivity contribution >= 4 is 18.1 Å². The second-order valence-electron chi connectivity index (χ2n) is 12.4. The van der Waals surface area contributed by atoms with Crippen LogP contribution in [0, 0.1) is 5.92 Å². The van der Waals surface area contributed by atoms with E-state index < -0.39 is 23.4 Å². The van der Waals surface area contributed by atoms with Crippen molar-refractivity contribution in [2.75, 3.05) is 32.7 Å². The van der Waals surface area contributed by atoms with Crippen molar-refractivity contribution < 1.29 is 19.1 Å². The first kappa shape index (κ1) is 30.4.